The second-order valence-corrected chi connectivity index (χ2v) is 6.36. The molecule has 1 heterocycles. The number of nitrogens with one attached hydrogen (secondary N) is 1. The largest absolute Gasteiger partial charge is 0.314 e. The smallest absolute Gasteiger partial charge is 0.0271 e. The molecule has 0 radical (unpaired) electrons. The quantitative estimate of drug-likeness (QED) is 0.820. The van der Waals surface area contributed by atoms with E-state index in [4.69, 9.17) is 0 Å². The predicted molar refractivity (Wildman–Crippen MR) is 82.1 cm³/mol. The summed E-state index contributed by atoms with van der Waals surface area (Å²) < 4.78 is 0. The van der Waals surface area contributed by atoms with Crippen LogP contribution in [0.2, 0.25) is 0 Å². The summed E-state index contributed by atoms with van der Waals surface area (Å²) in [5.74, 6) is 0. The van der Waals surface area contributed by atoms with Gasteiger partial charge in [0.1, 0.15) is 0 Å². The van der Waals surface area contributed by atoms with Gasteiger partial charge in [-0.1, -0.05) is 27.7 Å². The summed E-state index contributed by atoms with van der Waals surface area (Å²) >= 11 is 0. The van der Waals surface area contributed by atoms with Crippen LogP contribution in [0.4, 0.5) is 0 Å². The van der Waals surface area contributed by atoms with Gasteiger partial charge in [-0.2, -0.15) is 0 Å². The lowest BCUT2D eigenvalue weighted by Crippen LogP contribution is -2.42. The summed E-state index contributed by atoms with van der Waals surface area (Å²) in [6, 6.07) is 4.74. The van der Waals surface area contributed by atoms with E-state index in [9.17, 15) is 0 Å². The zero-order valence-electron chi connectivity index (χ0n) is 13.1. The zero-order chi connectivity index (χ0) is 14.3. The topological polar surface area (TPSA) is 28.2 Å². The normalized spacial score (nSPS) is 13.8. The van der Waals surface area contributed by atoms with Gasteiger partial charge in [0.05, 0.1) is 0 Å². The second-order valence-electron chi connectivity index (χ2n) is 6.36. The highest BCUT2D eigenvalue weighted by Crippen LogP contribution is 2.22. The van der Waals surface area contributed by atoms with Crippen LogP contribution in [0, 0.1) is 5.41 Å². The van der Waals surface area contributed by atoms with E-state index in [2.05, 4.69) is 62.1 Å². The van der Waals surface area contributed by atoms with Crippen molar-refractivity contribution in [2.45, 2.75) is 46.7 Å². The lowest BCUT2D eigenvalue weighted by Gasteiger charge is -2.32. The fraction of sp³-hybridized carbons (Fsp3) is 0.688. The Morgan fingerprint density at radius 3 is 2.42 bits per heavy atom. The third kappa shape index (κ3) is 6.17. The van der Waals surface area contributed by atoms with Crippen LogP contribution < -0.4 is 5.32 Å². The number of pyridine rings is 1. The van der Waals surface area contributed by atoms with Crippen molar-refractivity contribution in [3.63, 3.8) is 0 Å². The van der Waals surface area contributed by atoms with Gasteiger partial charge < -0.3 is 10.2 Å². The number of nitrogens with zero attached hydrogens (tertiary/aromatic N) is 2. The van der Waals surface area contributed by atoms with Crippen LogP contribution in [0.3, 0.4) is 0 Å². The van der Waals surface area contributed by atoms with Gasteiger partial charge in [0.25, 0.3) is 0 Å². The van der Waals surface area contributed by atoms with Gasteiger partial charge in [0, 0.05) is 25.0 Å². The maximum atomic E-state index is 4.06. The van der Waals surface area contributed by atoms with Crippen molar-refractivity contribution >= 4 is 0 Å². The minimum atomic E-state index is 0.313. The average molecular weight is 263 g/mol. The fourth-order valence-electron chi connectivity index (χ4n) is 2.32. The fourth-order valence-corrected chi connectivity index (χ4v) is 2.32. The number of hydrogen-bond donors (Lipinski definition) is 1. The number of aromatic nitrogens is 1. The molecule has 0 bridgehead atoms. The highest BCUT2D eigenvalue weighted by molar-refractivity contribution is 5.09. The summed E-state index contributed by atoms with van der Waals surface area (Å²) in [6.45, 7) is 12.2. The highest BCUT2D eigenvalue weighted by Gasteiger charge is 2.23. The first-order chi connectivity index (χ1) is 8.93. The Balaban J connectivity index is 2.41. The van der Waals surface area contributed by atoms with Crippen LogP contribution in [0.1, 0.15) is 39.7 Å². The molecule has 0 aliphatic rings. The molecule has 1 aromatic heterocycles. The maximum absolute atomic E-state index is 4.06. The summed E-state index contributed by atoms with van der Waals surface area (Å²) in [7, 11) is 2.19. The average Bonchev–Trinajstić information content (AvgIpc) is 2.34. The Morgan fingerprint density at radius 2 is 1.89 bits per heavy atom. The van der Waals surface area contributed by atoms with E-state index in [0.29, 0.717) is 11.5 Å². The molecule has 19 heavy (non-hydrogen) atoms. The van der Waals surface area contributed by atoms with Crippen molar-refractivity contribution < 1.29 is 0 Å². The molecule has 0 amide bonds. The monoisotopic (exact) mass is 263 g/mol. The first-order valence-electron chi connectivity index (χ1n) is 7.24. The number of rotatable bonds is 7. The lowest BCUT2D eigenvalue weighted by atomic mass is 9.84. The number of hydrogen-bond acceptors (Lipinski definition) is 3. The molecule has 1 atom stereocenters. The molecule has 0 aliphatic carbocycles. The van der Waals surface area contributed by atoms with E-state index in [1.807, 2.05) is 12.4 Å². The van der Waals surface area contributed by atoms with Crippen molar-refractivity contribution in [3.05, 3.63) is 30.1 Å². The SMILES string of the molecule is CCNC(CCN(C)Cc1ccncc1)C(C)(C)C. The minimum absolute atomic E-state index is 0.313. The molecule has 1 N–H and O–H groups in total. The van der Waals surface area contributed by atoms with Crippen molar-refractivity contribution in [3.8, 4) is 0 Å². The van der Waals surface area contributed by atoms with E-state index in [1.165, 1.54) is 12.0 Å². The summed E-state index contributed by atoms with van der Waals surface area (Å²) in [5, 5.41) is 3.61. The van der Waals surface area contributed by atoms with Crippen LogP contribution in [0.15, 0.2) is 24.5 Å². The second kappa shape index (κ2) is 7.61. The van der Waals surface area contributed by atoms with Gasteiger partial charge in [-0.25, -0.2) is 0 Å². The van der Waals surface area contributed by atoms with Crippen molar-refractivity contribution in [2.75, 3.05) is 20.1 Å². The molecule has 3 heteroatoms. The highest BCUT2D eigenvalue weighted by atomic mass is 15.1. The van der Waals surface area contributed by atoms with Crippen LogP contribution in [0.25, 0.3) is 0 Å². The molecule has 1 rings (SSSR count). The van der Waals surface area contributed by atoms with Crippen LogP contribution in [-0.2, 0) is 6.54 Å². The summed E-state index contributed by atoms with van der Waals surface area (Å²) in [5.41, 5.74) is 1.64. The van der Waals surface area contributed by atoms with Gasteiger partial charge in [0.2, 0.25) is 0 Å². The Morgan fingerprint density at radius 1 is 1.26 bits per heavy atom. The van der Waals surface area contributed by atoms with Crippen molar-refractivity contribution in [1.29, 1.82) is 0 Å². The van der Waals surface area contributed by atoms with E-state index in [0.717, 1.165) is 19.6 Å². The molecule has 0 aromatic carbocycles. The summed E-state index contributed by atoms with van der Waals surface area (Å²) in [4.78, 5) is 6.44. The zero-order valence-corrected chi connectivity index (χ0v) is 13.1. The van der Waals surface area contributed by atoms with E-state index >= 15 is 0 Å². The first kappa shape index (κ1) is 16.1. The molecule has 0 aliphatic heterocycles. The maximum Gasteiger partial charge on any atom is 0.0271 e. The molecule has 3 nitrogen and oxygen atoms in total. The van der Waals surface area contributed by atoms with E-state index in [1.54, 1.807) is 0 Å². The van der Waals surface area contributed by atoms with E-state index in [-0.39, 0.29) is 0 Å². The molecular formula is C16H29N3. The Labute approximate surface area is 118 Å². The van der Waals surface area contributed by atoms with Gasteiger partial charge >= 0.3 is 0 Å². The van der Waals surface area contributed by atoms with Crippen LogP contribution in [0.5, 0.6) is 0 Å². The molecule has 0 saturated heterocycles. The van der Waals surface area contributed by atoms with Gasteiger partial charge in [0.15, 0.2) is 0 Å². The van der Waals surface area contributed by atoms with E-state index < -0.39 is 0 Å². The molecule has 108 valence electrons. The molecule has 0 spiro atoms. The minimum Gasteiger partial charge on any atom is -0.314 e. The molecule has 1 unspecified atom stereocenters. The third-order valence-corrected chi connectivity index (χ3v) is 3.50. The molecule has 1 aromatic rings. The summed E-state index contributed by atoms with van der Waals surface area (Å²) in [6.07, 6.45) is 4.90. The predicted octanol–water partition coefficient (Wildman–Crippen LogP) is 2.93. The van der Waals surface area contributed by atoms with Gasteiger partial charge in [-0.15, -0.1) is 0 Å². The van der Waals surface area contributed by atoms with Crippen LogP contribution >= 0.6 is 0 Å². The lowest BCUT2D eigenvalue weighted by molar-refractivity contribution is 0.221. The molecule has 0 saturated carbocycles. The molecule has 0 fully saturated rings. The van der Waals surface area contributed by atoms with Gasteiger partial charge in [-0.05, 0) is 49.7 Å². The standard InChI is InChI=1S/C16H29N3/c1-6-18-15(16(2,3)4)9-12-19(5)13-14-7-10-17-11-8-14/h7-8,10-11,15,18H,6,9,12-13H2,1-5H3. The van der Waals surface area contributed by atoms with Crippen LogP contribution in [-0.4, -0.2) is 36.1 Å². The third-order valence-electron chi connectivity index (χ3n) is 3.50. The Hall–Kier alpha value is -0.930. The van der Waals surface area contributed by atoms with Crippen molar-refractivity contribution in [1.82, 2.24) is 15.2 Å². The first-order valence-corrected chi connectivity index (χ1v) is 7.24. The van der Waals surface area contributed by atoms with Crippen molar-refractivity contribution in [2.24, 2.45) is 5.41 Å². The Bertz CT molecular complexity index is 343. The molecular weight excluding hydrogens is 234 g/mol. The van der Waals surface area contributed by atoms with Gasteiger partial charge in [-0.3, -0.25) is 4.98 Å². The Kier molecular flexibility index (Phi) is 6.46.